The molecule has 5 heteroatoms. The number of benzene rings is 11. The van der Waals surface area contributed by atoms with Gasteiger partial charge in [-0.2, -0.15) is 0 Å². The number of para-hydroxylation sites is 2. The number of hydrogen-bond donors (Lipinski definition) is 0. The quantitative estimate of drug-likeness (QED) is 0.152. The summed E-state index contributed by atoms with van der Waals surface area (Å²) in [5, 5.41) is 4.85. The van der Waals surface area contributed by atoms with Crippen LogP contribution in [0.3, 0.4) is 0 Å². The molecule has 0 unspecified atom stereocenters. The molecule has 0 saturated carbocycles. The van der Waals surface area contributed by atoms with Crippen molar-refractivity contribution in [3.05, 3.63) is 272 Å². The smallest absolute Gasteiger partial charge is 0.164 e. The second-order valence-electron chi connectivity index (χ2n) is 20.8. The van der Waals surface area contributed by atoms with Crippen molar-refractivity contribution in [1.29, 1.82) is 0 Å². The minimum absolute atomic E-state index is 0.0939. The fraction of sp³-hybridized carbons (Fsp3) is 0.0417. The Hall–Kier alpha value is -9.97. The molecule has 14 aromatic rings. The third-order valence-corrected chi connectivity index (χ3v) is 16.0. The van der Waals surface area contributed by atoms with E-state index in [-0.39, 0.29) is 5.41 Å². The van der Waals surface area contributed by atoms with Gasteiger partial charge in [-0.25, -0.2) is 15.0 Å². The number of fused-ring (bicyclic) bond motifs is 9. The van der Waals surface area contributed by atoms with E-state index in [1.54, 1.807) is 0 Å². The Bertz CT molecular complexity index is 4520. The van der Waals surface area contributed by atoms with Crippen molar-refractivity contribution in [3.8, 4) is 90.0 Å². The summed E-state index contributed by atoms with van der Waals surface area (Å²) in [4.78, 5) is 15.6. The van der Waals surface area contributed by atoms with Crippen molar-refractivity contribution in [2.45, 2.75) is 19.3 Å². The van der Waals surface area contributed by atoms with Gasteiger partial charge in [0.15, 0.2) is 17.5 Å². The lowest BCUT2D eigenvalue weighted by atomic mass is 9.82. The van der Waals surface area contributed by atoms with Gasteiger partial charge < -0.3 is 9.13 Å². The van der Waals surface area contributed by atoms with Crippen molar-refractivity contribution in [2.24, 2.45) is 0 Å². The molecule has 0 amide bonds. The number of aromatic nitrogens is 5. The normalized spacial score (nSPS) is 12.6. The van der Waals surface area contributed by atoms with Crippen molar-refractivity contribution in [1.82, 2.24) is 24.1 Å². The van der Waals surface area contributed by atoms with Crippen LogP contribution in [0.4, 0.5) is 0 Å². The summed E-state index contributed by atoms with van der Waals surface area (Å²) >= 11 is 0. The Morgan fingerprint density at radius 3 is 1.36 bits per heavy atom. The molecule has 77 heavy (non-hydrogen) atoms. The van der Waals surface area contributed by atoms with Gasteiger partial charge in [0.1, 0.15) is 0 Å². The summed E-state index contributed by atoms with van der Waals surface area (Å²) < 4.78 is 4.84. The maximum atomic E-state index is 5.23. The number of hydrogen-bond acceptors (Lipinski definition) is 3. The molecule has 0 atom stereocenters. The first-order valence-corrected chi connectivity index (χ1v) is 26.4. The molecule has 3 aromatic heterocycles. The van der Waals surface area contributed by atoms with Gasteiger partial charge in [0, 0.05) is 55.0 Å². The van der Waals surface area contributed by atoms with E-state index >= 15 is 0 Å². The lowest BCUT2D eigenvalue weighted by molar-refractivity contribution is 0.660. The fourth-order valence-electron chi connectivity index (χ4n) is 12.1. The molecule has 0 N–H and O–H groups in total. The van der Waals surface area contributed by atoms with Gasteiger partial charge in [-0.05, 0) is 110 Å². The Morgan fingerprint density at radius 1 is 0.260 bits per heavy atom. The molecule has 11 aromatic carbocycles. The summed E-state index contributed by atoms with van der Waals surface area (Å²) in [6.45, 7) is 4.71. The van der Waals surface area contributed by atoms with Gasteiger partial charge in [-0.3, -0.25) is 0 Å². The SMILES string of the molecule is CC1(C)c2ccccc2-c2ccc(-n3c4ccccc4c4cc(-c5ccc6c7ccccc7n(-c7cccc(-c8nc(-c9ccc(-c%10ccccc%10)cc9)nc(-c9ccc(-c%10ccccc%10)cc9)n8)c7)c6c5)ccc43)cc21. The maximum absolute atomic E-state index is 5.23. The zero-order valence-corrected chi connectivity index (χ0v) is 42.6. The molecule has 15 rings (SSSR count). The molecule has 3 heterocycles. The highest BCUT2D eigenvalue weighted by atomic mass is 15.0. The minimum Gasteiger partial charge on any atom is -0.309 e. The molecule has 5 nitrogen and oxygen atoms in total. The van der Waals surface area contributed by atoms with Crippen LogP contribution in [0, 0.1) is 0 Å². The van der Waals surface area contributed by atoms with Gasteiger partial charge in [-0.15, -0.1) is 0 Å². The number of rotatable bonds is 8. The molecule has 1 aliphatic rings. The van der Waals surface area contributed by atoms with Crippen LogP contribution in [0.1, 0.15) is 25.0 Å². The average Bonchev–Trinajstić information content (AvgIpc) is 4.23. The van der Waals surface area contributed by atoms with E-state index in [4.69, 9.17) is 15.0 Å². The zero-order valence-electron chi connectivity index (χ0n) is 42.6. The largest absolute Gasteiger partial charge is 0.309 e. The van der Waals surface area contributed by atoms with E-state index in [9.17, 15) is 0 Å². The van der Waals surface area contributed by atoms with E-state index in [1.165, 1.54) is 60.5 Å². The van der Waals surface area contributed by atoms with Crippen LogP contribution in [0.25, 0.3) is 134 Å². The topological polar surface area (TPSA) is 48.5 Å². The van der Waals surface area contributed by atoms with Crippen LogP contribution in [0.2, 0.25) is 0 Å². The fourth-order valence-corrected chi connectivity index (χ4v) is 12.1. The molecule has 0 spiro atoms. The Kier molecular flexibility index (Phi) is 10.2. The predicted octanol–water partition coefficient (Wildman–Crippen LogP) is 18.4. The van der Waals surface area contributed by atoms with E-state index in [2.05, 4.69) is 272 Å². The van der Waals surface area contributed by atoms with Crippen molar-refractivity contribution >= 4 is 43.6 Å². The van der Waals surface area contributed by atoms with Crippen molar-refractivity contribution in [2.75, 3.05) is 0 Å². The van der Waals surface area contributed by atoms with Crippen LogP contribution in [0.15, 0.2) is 261 Å². The third kappa shape index (κ3) is 7.34. The molecular weight excluding hydrogens is 935 g/mol. The second kappa shape index (κ2) is 17.6. The van der Waals surface area contributed by atoms with Gasteiger partial charge in [0.05, 0.1) is 22.1 Å². The van der Waals surface area contributed by atoms with Gasteiger partial charge >= 0.3 is 0 Å². The first-order valence-electron chi connectivity index (χ1n) is 26.4. The summed E-state index contributed by atoms with van der Waals surface area (Å²) in [6.07, 6.45) is 0. The molecule has 0 radical (unpaired) electrons. The van der Waals surface area contributed by atoms with E-state index in [1.807, 2.05) is 12.1 Å². The minimum atomic E-state index is -0.0939. The Morgan fingerprint density at radius 2 is 0.701 bits per heavy atom. The molecule has 362 valence electrons. The van der Waals surface area contributed by atoms with Crippen LogP contribution in [-0.2, 0) is 5.41 Å². The standard InChI is InChI=1S/C72H49N5/c1-72(2)63-25-12-9-22-57(63)58-40-38-56(45-64(58)72)76-66-27-14-11-24-60(66)62-43-52(37-41-67(62)76)53-36-39-61-59-23-10-13-26-65(59)77(68(61)44-53)55-21-15-20-54(42-55)71-74-69(50-32-28-48(29-33-50)46-16-5-3-6-17-46)73-70(75-71)51-34-30-49(31-35-51)47-18-7-4-8-19-47/h3-45H,1-2H3. The van der Waals surface area contributed by atoms with Crippen molar-refractivity contribution in [3.63, 3.8) is 0 Å². The molecule has 0 bridgehead atoms. The van der Waals surface area contributed by atoms with E-state index < -0.39 is 0 Å². The summed E-state index contributed by atoms with van der Waals surface area (Å²) in [5.41, 5.74) is 21.8. The molecule has 0 aliphatic heterocycles. The number of nitrogens with zero attached hydrogens (tertiary/aromatic N) is 5. The molecule has 0 saturated heterocycles. The van der Waals surface area contributed by atoms with Crippen molar-refractivity contribution < 1.29 is 0 Å². The Balaban J connectivity index is 0.839. The first kappa shape index (κ1) is 44.5. The third-order valence-electron chi connectivity index (χ3n) is 16.0. The summed E-state index contributed by atoms with van der Waals surface area (Å²) in [7, 11) is 0. The van der Waals surface area contributed by atoms with E-state index in [0.29, 0.717) is 17.5 Å². The highest BCUT2D eigenvalue weighted by molar-refractivity contribution is 6.12. The average molecular weight is 984 g/mol. The molecule has 0 fully saturated rings. The van der Waals surface area contributed by atoms with Crippen LogP contribution in [-0.4, -0.2) is 24.1 Å². The summed E-state index contributed by atoms with van der Waals surface area (Å²) in [6, 6.07) is 93.9. The lowest BCUT2D eigenvalue weighted by Crippen LogP contribution is -2.15. The van der Waals surface area contributed by atoms with Crippen LogP contribution < -0.4 is 0 Å². The highest BCUT2D eigenvalue weighted by Gasteiger charge is 2.35. The van der Waals surface area contributed by atoms with Gasteiger partial charge in [0.2, 0.25) is 0 Å². The van der Waals surface area contributed by atoms with Gasteiger partial charge in [-0.1, -0.05) is 220 Å². The monoisotopic (exact) mass is 983 g/mol. The van der Waals surface area contributed by atoms with Gasteiger partial charge in [0.25, 0.3) is 0 Å². The second-order valence-corrected chi connectivity index (χ2v) is 20.8. The predicted molar refractivity (Wildman–Crippen MR) is 319 cm³/mol. The van der Waals surface area contributed by atoms with Crippen LogP contribution in [0.5, 0.6) is 0 Å². The molecular formula is C72H49N5. The maximum Gasteiger partial charge on any atom is 0.164 e. The molecule has 1 aliphatic carbocycles. The Labute approximate surface area is 446 Å². The zero-order chi connectivity index (χ0) is 51.2. The first-order chi connectivity index (χ1) is 37.9. The van der Waals surface area contributed by atoms with E-state index in [0.717, 1.165) is 66.8 Å². The highest BCUT2D eigenvalue weighted by Crippen LogP contribution is 2.50. The summed E-state index contributed by atoms with van der Waals surface area (Å²) in [5.74, 6) is 1.84. The van der Waals surface area contributed by atoms with Crippen LogP contribution >= 0.6 is 0 Å². The lowest BCUT2D eigenvalue weighted by Gasteiger charge is -2.22.